The Bertz CT molecular complexity index is 1060. The van der Waals surface area contributed by atoms with Crippen LogP contribution in [0.5, 0.6) is 5.75 Å². The first-order valence-electron chi connectivity index (χ1n) is 8.72. The van der Waals surface area contributed by atoms with E-state index < -0.39 is 0 Å². The molecule has 3 aromatic rings. The molecule has 6 heteroatoms. The lowest BCUT2D eigenvalue weighted by Gasteiger charge is -2.15. The molecule has 1 aromatic heterocycles. The summed E-state index contributed by atoms with van der Waals surface area (Å²) in [5.74, 6) is 0.510. The molecule has 0 fully saturated rings. The fourth-order valence-electron chi connectivity index (χ4n) is 3.36. The third-order valence-electron chi connectivity index (χ3n) is 4.74. The normalized spacial score (nSPS) is 12.7. The SMILES string of the molecule is COc1ccc2nc(C(=O)Nc3ccc4c(c3)CCN4C(C)=O)ccc2c1. The smallest absolute Gasteiger partial charge is 0.274 e. The number of hydrogen-bond donors (Lipinski definition) is 1. The maximum atomic E-state index is 12.6. The molecule has 6 nitrogen and oxygen atoms in total. The number of pyridine rings is 1. The molecule has 2 heterocycles. The molecule has 0 atom stereocenters. The van der Waals surface area contributed by atoms with Crippen molar-refractivity contribution in [3.63, 3.8) is 0 Å². The molecule has 27 heavy (non-hydrogen) atoms. The fourth-order valence-corrected chi connectivity index (χ4v) is 3.36. The van der Waals surface area contributed by atoms with Crippen LogP contribution in [0.25, 0.3) is 10.9 Å². The van der Waals surface area contributed by atoms with E-state index in [0.717, 1.165) is 34.3 Å². The Morgan fingerprint density at radius 2 is 1.96 bits per heavy atom. The van der Waals surface area contributed by atoms with Gasteiger partial charge in [0, 0.05) is 30.2 Å². The largest absolute Gasteiger partial charge is 0.497 e. The van der Waals surface area contributed by atoms with Gasteiger partial charge < -0.3 is 15.0 Å². The summed E-state index contributed by atoms with van der Waals surface area (Å²) in [6.45, 7) is 2.24. The molecule has 1 aliphatic heterocycles. The number of nitrogens with zero attached hydrogens (tertiary/aromatic N) is 2. The van der Waals surface area contributed by atoms with E-state index >= 15 is 0 Å². The van der Waals surface area contributed by atoms with Crippen molar-refractivity contribution in [3.8, 4) is 5.75 Å². The lowest BCUT2D eigenvalue weighted by Crippen LogP contribution is -2.25. The second-order valence-electron chi connectivity index (χ2n) is 6.47. The molecule has 0 unspecified atom stereocenters. The third kappa shape index (κ3) is 3.21. The van der Waals surface area contributed by atoms with Crippen LogP contribution in [0.15, 0.2) is 48.5 Å². The number of ether oxygens (including phenoxy) is 1. The van der Waals surface area contributed by atoms with Crippen molar-refractivity contribution in [3.05, 3.63) is 59.8 Å². The van der Waals surface area contributed by atoms with E-state index in [2.05, 4.69) is 10.3 Å². The number of carbonyl (C=O) groups is 2. The zero-order valence-corrected chi connectivity index (χ0v) is 15.2. The van der Waals surface area contributed by atoms with E-state index in [-0.39, 0.29) is 11.8 Å². The minimum atomic E-state index is -0.269. The molecule has 0 aliphatic carbocycles. The average molecular weight is 361 g/mol. The molecule has 0 bridgehead atoms. The Morgan fingerprint density at radius 1 is 1.11 bits per heavy atom. The van der Waals surface area contributed by atoms with Crippen molar-refractivity contribution in [2.24, 2.45) is 0 Å². The second kappa shape index (κ2) is 6.72. The number of amides is 2. The van der Waals surface area contributed by atoms with Crippen molar-refractivity contribution in [1.82, 2.24) is 4.98 Å². The standard InChI is InChI=1S/C21H19N3O3/c1-13(25)24-10-9-15-11-16(4-8-20(15)24)22-21(26)19-6-3-14-12-17(27-2)5-7-18(14)23-19/h3-8,11-12H,9-10H2,1-2H3,(H,22,26). The Morgan fingerprint density at radius 3 is 2.74 bits per heavy atom. The summed E-state index contributed by atoms with van der Waals surface area (Å²) in [4.78, 5) is 30.4. The van der Waals surface area contributed by atoms with E-state index in [4.69, 9.17) is 4.74 Å². The Labute approximate surface area is 156 Å². The van der Waals surface area contributed by atoms with Gasteiger partial charge in [-0.2, -0.15) is 0 Å². The summed E-state index contributed by atoms with van der Waals surface area (Å²) in [5, 5.41) is 3.80. The number of benzene rings is 2. The van der Waals surface area contributed by atoms with Gasteiger partial charge in [-0.1, -0.05) is 6.07 Å². The number of rotatable bonds is 3. The Balaban J connectivity index is 1.56. The van der Waals surface area contributed by atoms with Gasteiger partial charge in [-0.25, -0.2) is 4.98 Å². The van der Waals surface area contributed by atoms with Crippen LogP contribution in [0, 0.1) is 0 Å². The predicted octanol–water partition coefficient (Wildman–Crippen LogP) is 3.40. The van der Waals surface area contributed by atoms with E-state index in [1.807, 2.05) is 42.5 Å². The monoisotopic (exact) mass is 361 g/mol. The van der Waals surface area contributed by atoms with Gasteiger partial charge >= 0.3 is 0 Å². The predicted molar refractivity (Wildman–Crippen MR) is 104 cm³/mol. The Hall–Kier alpha value is -3.41. The van der Waals surface area contributed by atoms with Gasteiger partial charge in [0.15, 0.2) is 0 Å². The van der Waals surface area contributed by atoms with Crippen LogP contribution in [0.3, 0.4) is 0 Å². The molecule has 2 aromatic carbocycles. The number of nitrogens with one attached hydrogen (secondary N) is 1. The van der Waals surface area contributed by atoms with Gasteiger partial charge in [0.25, 0.3) is 5.91 Å². The van der Waals surface area contributed by atoms with Crippen molar-refractivity contribution >= 4 is 34.1 Å². The van der Waals surface area contributed by atoms with E-state index in [1.54, 1.807) is 25.0 Å². The molecular formula is C21H19N3O3. The molecule has 0 spiro atoms. The van der Waals surface area contributed by atoms with Crippen molar-refractivity contribution in [2.45, 2.75) is 13.3 Å². The highest BCUT2D eigenvalue weighted by atomic mass is 16.5. The highest BCUT2D eigenvalue weighted by Crippen LogP contribution is 2.30. The summed E-state index contributed by atoms with van der Waals surface area (Å²) in [6.07, 6.45) is 0.786. The highest BCUT2D eigenvalue weighted by Gasteiger charge is 2.22. The van der Waals surface area contributed by atoms with Crippen LogP contribution in [0.1, 0.15) is 23.0 Å². The molecule has 136 valence electrons. The van der Waals surface area contributed by atoms with E-state index in [9.17, 15) is 9.59 Å². The number of aromatic nitrogens is 1. The fraction of sp³-hybridized carbons (Fsp3) is 0.190. The number of fused-ring (bicyclic) bond motifs is 2. The van der Waals surface area contributed by atoms with Crippen molar-refractivity contribution in [1.29, 1.82) is 0 Å². The number of methoxy groups -OCH3 is 1. The van der Waals surface area contributed by atoms with Crippen LogP contribution in [0.2, 0.25) is 0 Å². The van der Waals surface area contributed by atoms with Gasteiger partial charge in [0.1, 0.15) is 11.4 Å². The maximum Gasteiger partial charge on any atom is 0.274 e. The van der Waals surface area contributed by atoms with Gasteiger partial charge in [-0.05, 0) is 54.4 Å². The van der Waals surface area contributed by atoms with E-state index in [0.29, 0.717) is 17.9 Å². The van der Waals surface area contributed by atoms with Gasteiger partial charge in [-0.15, -0.1) is 0 Å². The molecule has 0 radical (unpaired) electrons. The number of hydrogen-bond acceptors (Lipinski definition) is 4. The summed E-state index contributed by atoms with van der Waals surface area (Å²) in [7, 11) is 1.61. The molecular weight excluding hydrogens is 342 g/mol. The van der Waals surface area contributed by atoms with Crippen LogP contribution in [-0.4, -0.2) is 30.5 Å². The van der Waals surface area contributed by atoms with Gasteiger partial charge in [0.2, 0.25) is 5.91 Å². The first-order valence-corrected chi connectivity index (χ1v) is 8.72. The van der Waals surface area contributed by atoms with Crippen molar-refractivity contribution < 1.29 is 14.3 Å². The summed E-state index contributed by atoms with van der Waals surface area (Å²) in [5.41, 5.74) is 3.74. The lowest BCUT2D eigenvalue weighted by atomic mass is 10.1. The summed E-state index contributed by atoms with van der Waals surface area (Å²) < 4.78 is 5.21. The molecule has 0 saturated carbocycles. The van der Waals surface area contributed by atoms with Crippen LogP contribution in [0.4, 0.5) is 11.4 Å². The quantitative estimate of drug-likeness (QED) is 0.776. The average Bonchev–Trinajstić information content (AvgIpc) is 3.10. The minimum Gasteiger partial charge on any atom is -0.497 e. The zero-order chi connectivity index (χ0) is 19.0. The molecule has 1 aliphatic rings. The first kappa shape index (κ1) is 17.0. The minimum absolute atomic E-state index is 0.0301. The zero-order valence-electron chi connectivity index (χ0n) is 15.2. The Kier molecular flexibility index (Phi) is 4.24. The summed E-state index contributed by atoms with van der Waals surface area (Å²) >= 11 is 0. The van der Waals surface area contributed by atoms with Gasteiger partial charge in [-0.3, -0.25) is 9.59 Å². The third-order valence-corrected chi connectivity index (χ3v) is 4.74. The van der Waals surface area contributed by atoms with Gasteiger partial charge in [0.05, 0.1) is 12.6 Å². The molecule has 2 amide bonds. The molecule has 1 N–H and O–H groups in total. The number of anilines is 2. The molecule has 0 saturated heterocycles. The topological polar surface area (TPSA) is 71.5 Å². The number of carbonyl (C=O) groups excluding carboxylic acids is 2. The van der Waals surface area contributed by atoms with Crippen LogP contribution in [-0.2, 0) is 11.2 Å². The first-order chi connectivity index (χ1) is 13.0. The molecule has 4 rings (SSSR count). The lowest BCUT2D eigenvalue weighted by molar-refractivity contribution is -0.116. The second-order valence-corrected chi connectivity index (χ2v) is 6.47. The summed E-state index contributed by atoms with van der Waals surface area (Å²) in [6, 6.07) is 14.7. The maximum absolute atomic E-state index is 12.6. The van der Waals surface area contributed by atoms with Crippen LogP contribution < -0.4 is 15.0 Å². The highest BCUT2D eigenvalue weighted by molar-refractivity contribution is 6.04. The van der Waals surface area contributed by atoms with E-state index in [1.165, 1.54) is 0 Å². The van der Waals surface area contributed by atoms with Crippen molar-refractivity contribution in [2.75, 3.05) is 23.9 Å². The van der Waals surface area contributed by atoms with Crippen LogP contribution >= 0.6 is 0 Å².